The molecule has 0 unspecified atom stereocenters. The van der Waals surface area contributed by atoms with E-state index in [4.69, 9.17) is 4.74 Å². The highest BCUT2D eigenvalue weighted by Crippen LogP contribution is 2.37. The number of sulfonamides is 1. The first-order valence-electron chi connectivity index (χ1n) is 13.4. The Labute approximate surface area is 239 Å². The lowest BCUT2D eigenvalue weighted by Crippen LogP contribution is -2.32. The summed E-state index contributed by atoms with van der Waals surface area (Å²) in [4.78, 5) is 27.9. The van der Waals surface area contributed by atoms with E-state index in [2.05, 4.69) is 4.72 Å². The maximum absolute atomic E-state index is 13.6. The number of amides is 2. The normalized spacial score (nSPS) is 13.4. The minimum Gasteiger partial charge on any atom is -0.496 e. The molecule has 4 rings (SSSR count). The highest BCUT2D eigenvalue weighted by Gasteiger charge is 2.30. The van der Waals surface area contributed by atoms with Gasteiger partial charge in [-0.1, -0.05) is 44.2 Å². The maximum atomic E-state index is 13.6. The molecule has 0 aliphatic heterocycles. The first kappa shape index (κ1) is 30.2. The van der Waals surface area contributed by atoms with Gasteiger partial charge < -0.3 is 9.64 Å². The minimum atomic E-state index is -4.11. The number of rotatable bonds is 11. The van der Waals surface area contributed by atoms with Gasteiger partial charge in [-0.3, -0.25) is 9.59 Å². The van der Waals surface area contributed by atoms with Crippen LogP contribution in [-0.4, -0.2) is 45.3 Å². The number of benzene rings is 3. The van der Waals surface area contributed by atoms with E-state index in [9.17, 15) is 26.8 Å². The molecule has 0 radical (unpaired) electrons. The quantitative estimate of drug-likeness (QED) is 0.306. The number of hydrogen-bond acceptors (Lipinski definition) is 5. The third-order valence-corrected chi connectivity index (χ3v) is 8.40. The third-order valence-electron chi connectivity index (χ3n) is 7.19. The van der Waals surface area contributed by atoms with Gasteiger partial charge in [-0.05, 0) is 71.3 Å². The van der Waals surface area contributed by atoms with Crippen molar-refractivity contribution in [3.05, 3.63) is 88.5 Å². The van der Waals surface area contributed by atoms with Crippen LogP contribution in [0.5, 0.6) is 5.75 Å². The highest BCUT2D eigenvalue weighted by atomic mass is 32.2. The fraction of sp³-hybridized carbons (Fsp3) is 0.355. The largest absolute Gasteiger partial charge is 0.496 e. The van der Waals surface area contributed by atoms with Gasteiger partial charge >= 0.3 is 0 Å². The molecule has 0 atom stereocenters. The van der Waals surface area contributed by atoms with Gasteiger partial charge in [0.05, 0.1) is 19.3 Å². The molecule has 41 heavy (non-hydrogen) atoms. The van der Waals surface area contributed by atoms with Crippen molar-refractivity contribution in [2.75, 3.05) is 14.2 Å². The maximum Gasteiger partial charge on any atom is 0.265 e. The average Bonchev–Trinajstić information content (AvgIpc) is 3.77. The molecule has 0 spiro atoms. The summed E-state index contributed by atoms with van der Waals surface area (Å²) in [6.45, 7) is 4.06. The summed E-state index contributed by atoms with van der Waals surface area (Å²) in [7, 11) is -1.00. The summed E-state index contributed by atoms with van der Waals surface area (Å²) < 4.78 is 60.7. The first-order chi connectivity index (χ1) is 19.4. The van der Waals surface area contributed by atoms with Crippen molar-refractivity contribution >= 4 is 21.8 Å². The van der Waals surface area contributed by atoms with Crippen LogP contribution in [-0.2, 0) is 27.0 Å². The second-order valence-corrected chi connectivity index (χ2v) is 12.4. The molecule has 3 aromatic rings. The summed E-state index contributed by atoms with van der Waals surface area (Å²) in [5.74, 6) is -0.954. The Bertz CT molecular complexity index is 1530. The van der Waals surface area contributed by atoms with Crippen molar-refractivity contribution in [2.24, 2.45) is 0 Å². The van der Waals surface area contributed by atoms with Crippen molar-refractivity contribution in [3.8, 4) is 16.9 Å². The molecule has 2 amide bonds. The van der Waals surface area contributed by atoms with Crippen molar-refractivity contribution < 1.29 is 31.5 Å². The van der Waals surface area contributed by atoms with Gasteiger partial charge in [0.2, 0.25) is 15.9 Å². The number of carbonyl (C=O) groups is 2. The van der Waals surface area contributed by atoms with Gasteiger partial charge in [-0.15, -0.1) is 0 Å². The lowest BCUT2D eigenvalue weighted by Gasteiger charge is -2.18. The highest BCUT2D eigenvalue weighted by molar-refractivity contribution is 7.89. The lowest BCUT2D eigenvalue weighted by atomic mass is 9.94. The summed E-state index contributed by atoms with van der Waals surface area (Å²) in [6, 6.07) is 15.6. The molecule has 3 aromatic carbocycles. The third kappa shape index (κ3) is 7.49. The molecule has 218 valence electrons. The number of likely N-dealkylation sites (N-methyl/N-ethyl adjacent to an activating group) is 1. The van der Waals surface area contributed by atoms with Crippen LogP contribution in [0.25, 0.3) is 11.1 Å². The van der Waals surface area contributed by atoms with E-state index in [0.717, 1.165) is 18.4 Å². The standard InChI is InChI=1S/C31H34F2N2O5S/c1-19(2)22-8-5-20(6-9-22)18-41(38,39)34-31(37)25-13-7-21(16-29(36)35(3)24-11-12-24)15-26(25)27-17-23(30(32)33)10-14-28(27)40-4/h5-10,13-15,17,19,24,30H,11-12,16,18H2,1-4H3,(H,34,37). The lowest BCUT2D eigenvalue weighted by molar-refractivity contribution is -0.129. The Kier molecular flexibility index (Phi) is 9.11. The molecule has 1 saturated carbocycles. The average molecular weight is 585 g/mol. The van der Waals surface area contributed by atoms with E-state index in [1.165, 1.54) is 31.4 Å². The van der Waals surface area contributed by atoms with Crippen molar-refractivity contribution in [2.45, 2.75) is 57.2 Å². The van der Waals surface area contributed by atoms with Gasteiger partial charge in [-0.25, -0.2) is 21.9 Å². The number of hydrogen-bond donors (Lipinski definition) is 1. The van der Waals surface area contributed by atoms with Crippen LogP contribution in [0.1, 0.15) is 71.6 Å². The number of methoxy groups -OCH3 is 1. The predicted octanol–water partition coefficient (Wildman–Crippen LogP) is 5.85. The summed E-state index contributed by atoms with van der Waals surface area (Å²) >= 11 is 0. The Morgan fingerprint density at radius 2 is 1.59 bits per heavy atom. The molecule has 0 heterocycles. The molecule has 1 aliphatic carbocycles. The zero-order valence-corrected chi connectivity index (χ0v) is 24.3. The van der Waals surface area contributed by atoms with Gasteiger partial charge in [0, 0.05) is 29.8 Å². The topological polar surface area (TPSA) is 92.8 Å². The Morgan fingerprint density at radius 1 is 0.951 bits per heavy atom. The van der Waals surface area contributed by atoms with Gasteiger partial charge in [-0.2, -0.15) is 0 Å². The smallest absolute Gasteiger partial charge is 0.265 e. The van der Waals surface area contributed by atoms with Gasteiger partial charge in [0.15, 0.2) is 0 Å². The zero-order valence-electron chi connectivity index (χ0n) is 23.5. The van der Waals surface area contributed by atoms with Gasteiger partial charge in [0.1, 0.15) is 5.75 Å². The fourth-order valence-corrected chi connectivity index (χ4v) is 5.71. The molecule has 1 fully saturated rings. The molecular formula is C31H34F2N2O5S. The van der Waals surface area contributed by atoms with Gasteiger partial charge in [0.25, 0.3) is 12.3 Å². The summed E-state index contributed by atoms with van der Waals surface area (Å²) in [5.41, 5.74) is 2.13. The first-order valence-corrected chi connectivity index (χ1v) is 15.0. The van der Waals surface area contributed by atoms with E-state index >= 15 is 0 Å². The van der Waals surface area contributed by atoms with E-state index in [-0.39, 0.29) is 52.3 Å². The number of nitrogens with one attached hydrogen (secondary N) is 1. The number of halogens is 2. The van der Waals surface area contributed by atoms with Crippen molar-refractivity contribution in [1.29, 1.82) is 0 Å². The van der Waals surface area contributed by atoms with Crippen LogP contribution in [0.2, 0.25) is 0 Å². The molecule has 1 N–H and O–H groups in total. The van der Waals surface area contributed by atoms with Crippen molar-refractivity contribution in [3.63, 3.8) is 0 Å². The zero-order chi connectivity index (χ0) is 29.9. The molecule has 0 aromatic heterocycles. The van der Waals surface area contributed by atoms with Crippen LogP contribution >= 0.6 is 0 Å². The molecular weight excluding hydrogens is 550 g/mol. The van der Waals surface area contributed by atoms with Crippen LogP contribution in [0, 0.1) is 0 Å². The fourth-order valence-electron chi connectivity index (χ4n) is 4.61. The Morgan fingerprint density at radius 3 is 2.17 bits per heavy atom. The van der Waals surface area contributed by atoms with Crippen LogP contribution in [0.15, 0.2) is 60.7 Å². The summed E-state index contributed by atoms with van der Waals surface area (Å²) in [6.07, 6.45) is -0.860. The number of alkyl halides is 2. The van der Waals surface area contributed by atoms with E-state index in [1.807, 2.05) is 26.0 Å². The number of ether oxygens (including phenoxy) is 1. The monoisotopic (exact) mass is 584 g/mol. The van der Waals surface area contributed by atoms with Crippen molar-refractivity contribution in [1.82, 2.24) is 9.62 Å². The molecule has 0 bridgehead atoms. The molecule has 10 heteroatoms. The van der Waals surface area contributed by atoms with E-state index in [1.54, 1.807) is 36.2 Å². The Balaban J connectivity index is 1.68. The predicted molar refractivity (Wildman–Crippen MR) is 154 cm³/mol. The minimum absolute atomic E-state index is 0.0312. The molecule has 1 aliphatic rings. The second-order valence-electron chi connectivity index (χ2n) is 10.6. The molecule has 7 nitrogen and oxygen atoms in total. The second kappa shape index (κ2) is 12.4. The number of carbonyl (C=O) groups excluding carboxylic acids is 2. The van der Waals surface area contributed by atoms with E-state index < -0.39 is 28.1 Å². The number of nitrogens with zero attached hydrogens (tertiary/aromatic N) is 1. The molecule has 0 saturated heterocycles. The SMILES string of the molecule is COc1ccc(C(F)F)cc1-c1cc(CC(=O)N(C)C2CC2)ccc1C(=O)NS(=O)(=O)Cc1ccc(C(C)C)cc1. The summed E-state index contributed by atoms with van der Waals surface area (Å²) in [5, 5.41) is 0. The van der Waals surface area contributed by atoms with Crippen LogP contribution in [0.3, 0.4) is 0 Å². The Hall–Kier alpha value is -3.79. The van der Waals surface area contributed by atoms with E-state index in [0.29, 0.717) is 11.1 Å². The van der Waals surface area contributed by atoms with Crippen LogP contribution < -0.4 is 9.46 Å². The van der Waals surface area contributed by atoms with Crippen LogP contribution in [0.4, 0.5) is 8.78 Å².